The van der Waals surface area contributed by atoms with Crippen LogP contribution in [0.15, 0.2) is 18.2 Å². The first-order valence-electron chi connectivity index (χ1n) is 4.22. The van der Waals surface area contributed by atoms with Crippen LogP contribution < -0.4 is 10.6 Å². The van der Waals surface area contributed by atoms with E-state index in [1.807, 2.05) is 6.92 Å². The molecule has 0 saturated carbocycles. The summed E-state index contributed by atoms with van der Waals surface area (Å²) in [6, 6.07) is 5.33. The van der Waals surface area contributed by atoms with E-state index in [2.05, 4.69) is 10.6 Å². The average Bonchev–Trinajstić information content (AvgIpc) is 2.11. The number of benzene rings is 1. The van der Waals surface area contributed by atoms with Crippen LogP contribution in [-0.4, -0.2) is 12.3 Å². The number of rotatable bonds is 3. The number of anilines is 2. The van der Waals surface area contributed by atoms with Crippen LogP contribution in [0.25, 0.3) is 0 Å². The second-order valence-corrected chi connectivity index (χ2v) is 2.92. The van der Waals surface area contributed by atoms with E-state index in [4.69, 9.17) is 0 Å². The fourth-order valence-electron chi connectivity index (χ4n) is 1.18. The Morgan fingerprint density at radius 2 is 2.00 bits per heavy atom. The van der Waals surface area contributed by atoms with Crippen molar-refractivity contribution in [2.24, 2.45) is 0 Å². The summed E-state index contributed by atoms with van der Waals surface area (Å²) in [7, 11) is 0. The lowest BCUT2D eigenvalue weighted by molar-refractivity contribution is -0.114. The van der Waals surface area contributed by atoms with Gasteiger partial charge in [0.2, 0.25) is 12.3 Å². The Morgan fingerprint density at radius 1 is 1.36 bits per heavy atom. The van der Waals surface area contributed by atoms with Crippen molar-refractivity contribution < 1.29 is 9.59 Å². The van der Waals surface area contributed by atoms with Gasteiger partial charge in [0, 0.05) is 18.3 Å². The van der Waals surface area contributed by atoms with Gasteiger partial charge in [-0.3, -0.25) is 9.59 Å². The zero-order chi connectivity index (χ0) is 10.6. The fraction of sp³-hybridized carbons (Fsp3) is 0.200. The van der Waals surface area contributed by atoms with E-state index in [-0.39, 0.29) is 5.91 Å². The quantitative estimate of drug-likeness (QED) is 0.713. The van der Waals surface area contributed by atoms with Crippen LogP contribution in [0, 0.1) is 6.92 Å². The summed E-state index contributed by atoms with van der Waals surface area (Å²) in [6.07, 6.45) is 0.611. The first-order valence-corrected chi connectivity index (χ1v) is 4.22. The summed E-state index contributed by atoms with van der Waals surface area (Å²) < 4.78 is 0. The highest BCUT2D eigenvalue weighted by Crippen LogP contribution is 2.22. The number of carbonyl (C=O) groups is 2. The first kappa shape index (κ1) is 10.2. The predicted octanol–water partition coefficient (Wildman–Crippen LogP) is 1.52. The van der Waals surface area contributed by atoms with E-state index in [0.29, 0.717) is 17.8 Å². The largest absolute Gasteiger partial charge is 0.328 e. The second kappa shape index (κ2) is 4.41. The van der Waals surface area contributed by atoms with Gasteiger partial charge in [0.25, 0.3) is 0 Å². The monoisotopic (exact) mass is 192 g/mol. The third-order valence-electron chi connectivity index (χ3n) is 1.86. The first-order chi connectivity index (χ1) is 6.65. The van der Waals surface area contributed by atoms with E-state index in [1.165, 1.54) is 6.92 Å². The molecule has 0 heterocycles. The van der Waals surface area contributed by atoms with Crippen LogP contribution >= 0.6 is 0 Å². The summed E-state index contributed by atoms with van der Waals surface area (Å²) in [5, 5.41) is 5.23. The maximum absolute atomic E-state index is 10.8. The molecule has 0 saturated heterocycles. The van der Waals surface area contributed by atoms with Gasteiger partial charge in [0.05, 0.1) is 0 Å². The summed E-state index contributed by atoms with van der Waals surface area (Å²) in [5.41, 5.74) is 2.26. The van der Waals surface area contributed by atoms with Gasteiger partial charge in [-0.05, 0) is 24.6 Å². The Bertz CT molecular complexity index is 361. The van der Waals surface area contributed by atoms with Crippen molar-refractivity contribution in [1.82, 2.24) is 0 Å². The van der Waals surface area contributed by atoms with Crippen molar-refractivity contribution in [2.75, 3.05) is 10.6 Å². The van der Waals surface area contributed by atoms with Crippen LogP contribution in [-0.2, 0) is 9.59 Å². The molecule has 0 aromatic heterocycles. The molecule has 1 aromatic rings. The number of carbonyl (C=O) groups excluding carboxylic acids is 2. The molecule has 1 rings (SSSR count). The maximum atomic E-state index is 10.8. The van der Waals surface area contributed by atoms with Crippen LogP contribution in [0.1, 0.15) is 12.5 Å². The van der Waals surface area contributed by atoms with Crippen LogP contribution in [0.3, 0.4) is 0 Å². The molecule has 0 unspecified atom stereocenters. The molecule has 4 nitrogen and oxygen atoms in total. The zero-order valence-corrected chi connectivity index (χ0v) is 8.13. The van der Waals surface area contributed by atoms with Crippen molar-refractivity contribution in [1.29, 1.82) is 0 Å². The molecule has 4 heteroatoms. The summed E-state index contributed by atoms with van der Waals surface area (Å²) in [5.74, 6) is -0.128. The minimum atomic E-state index is -0.128. The van der Waals surface area contributed by atoms with Gasteiger partial charge >= 0.3 is 0 Å². The van der Waals surface area contributed by atoms with Gasteiger partial charge in [-0.15, -0.1) is 0 Å². The summed E-state index contributed by atoms with van der Waals surface area (Å²) in [4.78, 5) is 21.1. The Kier molecular flexibility index (Phi) is 3.23. The number of hydrogen-bond acceptors (Lipinski definition) is 2. The molecule has 0 aliphatic rings. The van der Waals surface area contributed by atoms with Gasteiger partial charge < -0.3 is 10.6 Å². The standard InChI is InChI=1S/C10H12N2O2/c1-7-9(11-6-13)4-3-5-10(7)12-8(2)14/h3-6H,1-2H3,(H,11,13)(H,12,14). The zero-order valence-electron chi connectivity index (χ0n) is 8.13. The Balaban J connectivity index is 3.00. The van der Waals surface area contributed by atoms with Gasteiger partial charge in [-0.1, -0.05) is 6.07 Å². The smallest absolute Gasteiger partial charge is 0.221 e. The highest BCUT2D eigenvalue weighted by molar-refractivity contribution is 5.91. The van der Waals surface area contributed by atoms with Crippen molar-refractivity contribution in [3.05, 3.63) is 23.8 Å². The molecule has 0 radical (unpaired) electrons. The van der Waals surface area contributed by atoms with Crippen LogP contribution in [0.5, 0.6) is 0 Å². The normalized spacial score (nSPS) is 9.29. The SMILES string of the molecule is CC(=O)Nc1cccc(NC=O)c1C. The molecule has 2 N–H and O–H groups in total. The molecule has 2 amide bonds. The lowest BCUT2D eigenvalue weighted by atomic mass is 10.1. The molecule has 0 spiro atoms. The van der Waals surface area contributed by atoms with Gasteiger partial charge in [-0.25, -0.2) is 0 Å². The molecule has 0 atom stereocenters. The average molecular weight is 192 g/mol. The maximum Gasteiger partial charge on any atom is 0.221 e. The molecule has 0 aliphatic carbocycles. The van der Waals surface area contributed by atoms with E-state index >= 15 is 0 Å². The number of nitrogens with one attached hydrogen (secondary N) is 2. The van der Waals surface area contributed by atoms with Crippen molar-refractivity contribution >= 4 is 23.7 Å². The molecular weight excluding hydrogens is 180 g/mol. The highest BCUT2D eigenvalue weighted by Gasteiger charge is 2.03. The topological polar surface area (TPSA) is 58.2 Å². The summed E-state index contributed by atoms with van der Waals surface area (Å²) in [6.45, 7) is 3.27. The van der Waals surface area contributed by atoms with Crippen LogP contribution in [0.2, 0.25) is 0 Å². The molecule has 1 aromatic carbocycles. The minimum Gasteiger partial charge on any atom is -0.328 e. The third kappa shape index (κ3) is 2.32. The van der Waals surface area contributed by atoms with Gasteiger partial charge in [0.15, 0.2) is 0 Å². The number of hydrogen-bond donors (Lipinski definition) is 2. The second-order valence-electron chi connectivity index (χ2n) is 2.92. The summed E-state index contributed by atoms with van der Waals surface area (Å²) >= 11 is 0. The van der Waals surface area contributed by atoms with Crippen molar-refractivity contribution in [3.63, 3.8) is 0 Å². The Labute approximate surface area is 82.3 Å². The van der Waals surface area contributed by atoms with Gasteiger partial charge in [-0.2, -0.15) is 0 Å². The highest BCUT2D eigenvalue weighted by atomic mass is 16.1. The third-order valence-corrected chi connectivity index (χ3v) is 1.86. The van der Waals surface area contributed by atoms with Crippen molar-refractivity contribution in [3.8, 4) is 0 Å². The molecular formula is C10H12N2O2. The lowest BCUT2D eigenvalue weighted by Crippen LogP contribution is -2.08. The van der Waals surface area contributed by atoms with Gasteiger partial charge in [0.1, 0.15) is 0 Å². The predicted molar refractivity (Wildman–Crippen MR) is 55.2 cm³/mol. The fourth-order valence-corrected chi connectivity index (χ4v) is 1.18. The minimum absolute atomic E-state index is 0.128. The van der Waals surface area contributed by atoms with E-state index in [9.17, 15) is 9.59 Å². The van der Waals surface area contributed by atoms with E-state index in [0.717, 1.165) is 5.56 Å². The molecule has 74 valence electrons. The number of amides is 2. The molecule has 14 heavy (non-hydrogen) atoms. The molecule has 0 aliphatic heterocycles. The van der Waals surface area contributed by atoms with E-state index < -0.39 is 0 Å². The Hall–Kier alpha value is -1.84. The lowest BCUT2D eigenvalue weighted by Gasteiger charge is -2.09. The van der Waals surface area contributed by atoms with Crippen LogP contribution in [0.4, 0.5) is 11.4 Å². The van der Waals surface area contributed by atoms with E-state index in [1.54, 1.807) is 18.2 Å². The molecule has 0 bridgehead atoms. The van der Waals surface area contributed by atoms with Crippen molar-refractivity contribution in [2.45, 2.75) is 13.8 Å². The molecule has 0 fully saturated rings. The Morgan fingerprint density at radius 3 is 2.57 bits per heavy atom.